The van der Waals surface area contributed by atoms with Gasteiger partial charge in [-0.25, -0.2) is 14.5 Å². The molecule has 4 rings (SSSR count). The van der Waals surface area contributed by atoms with Crippen LogP contribution in [-0.4, -0.2) is 42.9 Å². The maximum Gasteiger partial charge on any atom is 0.325 e. The molecule has 1 aliphatic heterocycles. The van der Waals surface area contributed by atoms with E-state index in [1.807, 2.05) is 25.4 Å². The second-order valence-corrected chi connectivity index (χ2v) is 7.76. The molecule has 1 N–H and O–H groups in total. The lowest BCUT2D eigenvalue weighted by Crippen LogP contribution is -2.32. The molecule has 25 heavy (non-hydrogen) atoms. The van der Waals surface area contributed by atoms with Crippen LogP contribution < -0.4 is 5.32 Å². The van der Waals surface area contributed by atoms with E-state index >= 15 is 0 Å². The molecule has 0 spiro atoms. The van der Waals surface area contributed by atoms with Crippen LogP contribution in [0.3, 0.4) is 0 Å². The molecule has 132 valence electrons. The van der Waals surface area contributed by atoms with Crippen LogP contribution in [0.4, 0.5) is 4.79 Å². The first kappa shape index (κ1) is 16.2. The molecule has 2 aromatic heterocycles. The van der Waals surface area contributed by atoms with Crippen LogP contribution in [0.25, 0.3) is 0 Å². The van der Waals surface area contributed by atoms with Crippen LogP contribution in [-0.2, 0) is 17.8 Å². The van der Waals surface area contributed by atoms with Crippen LogP contribution >= 0.6 is 11.3 Å². The smallest absolute Gasteiger partial charge is 0.325 e. The van der Waals surface area contributed by atoms with E-state index in [0.29, 0.717) is 18.0 Å². The van der Waals surface area contributed by atoms with Crippen LogP contribution in [0, 0.1) is 0 Å². The van der Waals surface area contributed by atoms with E-state index in [0.717, 1.165) is 10.7 Å². The summed E-state index contributed by atoms with van der Waals surface area (Å²) in [6.45, 7) is 4.24. The van der Waals surface area contributed by atoms with Crippen molar-refractivity contribution < 1.29 is 9.59 Å². The van der Waals surface area contributed by atoms with Crippen LogP contribution in [0.5, 0.6) is 0 Å². The highest BCUT2D eigenvalue weighted by Crippen LogP contribution is 2.41. The van der Waals surface area contributed by atoms with E-state index < -0.39 is 6.04 Å². The number of carbonyl (C=O) groups is 2. The summed E-state index contributed by atoms with van der Waals surface area (Å²) in [5.74, 6) is 0.350. The number of nitrogens with one attached hydrogen (secondary N) is 1. The van der Waals surface area contributed by atoms with E-state index in [4.69, 9.17) is 0 Å². The Morgan fingerprint density at radius 2 is 2.12 bits per heavy atom. The van der Waals surface area contributed by atoms with Gasteiger partial charge in [0.05, 0.1) is 22.9 Å². The molecule has 0 radical (unpaired) electrons. The number of urea groups is 1. The summed E-state index contributed by atoms with van der Waals surface area (Å²) < 4.78 is 1.74. The standard InChI is InChI=1S/C16H20N6O2S/c1-9(2)22-7-11(19-20-22)5-13-15(23)21(16(24)18-13)6-12-8-25-14(17-12)10-3-4-10/h7-10,13H,3-6H2,1-2H3,(H,18,24). The lowest BCUT2D eigenvalue weighted by molar-refractivity contribution is -0.127. The Labute approximate surface area is 149 Å². The van der Waals surface area contributed by atoms with Crippen molar-refractivity contribution in [2.45, 2.75) is 57.7 Å². The number of nitrogens with zero attached hydrogens (tertiary/aromatic N) is 5. The Morgan fingerprint density at radius 1 is 1.32 bits per heavy atom. The number of imide groups is 1. The number of hydrogen-bond acceptors (Lipinski definition) is 6. The van der Waals surface area contributed by atoms with Gasteiger partial charge in [0.1, 0.15) is 6.04 Å². The highest BCUT2D eigenvalue weighted by atomic mass is 32.1. The third-order valence-electron chi connectivity index (χ3n) is 4.42. The van der Waals surface area contributed by atoms with Gasteiger partial charge in [-0.3, -0.25) is 9.69 Å². The summed E-state index contributed by atoms with van der Waals surface area (Å²) in [6.07, 6.45) is 4.54. The first-order valence-corrected chi connectivity index (χ1v) is 9.36. The molecular formula is C16H20N6O2S. The fraction of sp³-hybridized carbons (Fsp3) is 0.562. The van der Waals surface area contributed by atoms with Gasteiger partial charge in [-0.15, -0.1) is 16.4 Å². The molecular weight excluding hydrogens is 340 g/mol. The number of amides is 3. The zero-order chi connectivity index (χ0) is 17.6. The Hall–Kier alpha value is -2.29. The second kappa shape index (κ2) is 6.21. The topological polar surface area (TPSA) is 93.0 Å². The SMILES string of the molecule is CC(C)n1cc(CC2NC(=O)N(Cc3csc(C4CC4)n3)C2=O)nn1. The molecule has 1 unspecified atom stereocenters. The van der Waals surface area contributed by atoms with Gasteiger partial charge in [0.2, 0.25) is 0 Å². The van der Waals surface area contributed by atoms with Crippen molar-refractivity contribution >= 4 is 23.3 Å². The van der Waals surface area contributed by atoms with Crippen LogP contribution in [0.2, 0.25) is 0 Å². The van der Waals surface area contributed by atoms with Gasteiger partial charge in [0.15, 0.2) is 0 Å². The molecule has 2 aliphatic rings. The van der Waals surface area contributed by atoms with Crippen molar-refractivity contribution in [1.82, 2.24) is 30.2 Å². The maximum absolute atomic E-state index is 12.6. The summed E-state index contributed by atoms with van der Waals surface area (Å²) in [4.78, 5) is 30.6. The van der Waals surface area contributed by atoms with Gasteiger partial charge in [-0.05, 0) is 26.7 Å². The third-order valence-corrected chi connectivity index (χ3v) is 5.48. The largest absolute Gasteiger partial charge is 0.325 e. The number of carbonyl (C=O) groups excluding carboxylic acids is 2. The predicted octanol–water partition coefficient (Wildman–Crippen LogP) is 1.86. The molecule has 8 nitrogen and oxygen atoms in total. The lowest BCUT2D eigenvalue weighted by Gasteiger charge is -2.10. The van der Waals surface area contributed by atoms with Crippen molar-refractivity contribution in [3.63, 3.8) is 0 Å². The van der Waals surface area contributed by atoms with Gasteiger partial charge in [-0.1, -0.05) is 5.21 Å². The lowest BCUT2D eigenvalue weighted by atomic mass is 10.1. The molecule has 2 fully saturated rings. The molecule has 0 bridgehead atoms. The van der Waals surface area contributed by atoms with Crippen molar-refractivity contribution in [2.24, 2.45) is 0 Å². The van der Waals surface area contributed by atoms with Gasteiger partial charge < -0.3 is 5.32 Å². The number of rotatable bonds is 6. The van der Waals surface area contributed by atoms with Crippen LogP contribution in [0.1, 0.15) is 55.0 Å². The van der Waals surface area contributed by atoms with Gasteiger partial charge in [0, 0.05) is 30.0 Å². The minimum absolute atomic E-state index is 0.206. The molecule has 9 heteroatoms. The zero-order valence-electron chi connectivity index (χ0n) is 14.2. The summed E-state index contributed by atoms with van der Waals surface area (Å²) in [7, 11) is 0. The molecule has 1 atom stereocenters. The van der Waals surface area contributed by atoms with E-state index in [-0.39, 0.29) is 24.5 Å². The average molecular weight is 360 g/mol. The first-order chi connectivity index (χ1) is 12.0. The second-order valence-electron chi connectivity index (χ2n) is 6.87. The van der Waals surface area contributed by atoms with E-state index in [9.17, 15) is 9.59 Å². The number of hydrogen-bond donors (Lipinski definition) is 1. The van der Waals surface area contributed by atoms with Gasteiger partial charge in [-0.2, -0.15) is 0 Å². The summed E-state index contributed by atoms with van der Waals surface area (Å²) in [5.41, 5.74) is 1.47. The molecule has 1 aliphatic carbocycles. The Balaban J connectivity index is 1.41. The summed E-state index contributed by atoms with van der Waals surface area (Å²) >= 11 is 1.61. The third kappa shape index (κ3) is 3.28. The minimum atomic E-state index is -0.591. The monoisotopic (exact) mass is 360 g/mol. The maximum atomic E-state index is 12.6. The Kier molecular flexibility index (Phi) is 4.03. The van der Waals surface area contributed by atoms with E-state index in [1.54, 1.807) is 16.0 Å². The molecule has 1 saturated heterocycles. The van der Waals surface area contributed by atoms with Crippen molar-refractivity contribution in [2.75, 3.05) is 0 Å². The Bertz CT molecular complexity index is 809. The van der Waals surface area contributed by atoms with Gasteiger partial charge in [0.25, 0.3) is 5.91 Å². The van der Waals surface area contributed by atoms with E-state index in [2.05, 4.69) is 20.6 Å². The summed E-state index contributed by atoms with van der Waals surface area (Å²) in [5, 5.41) is 13.9. The van der Waals surface area contributed by atoms with E-state index in [1.165, 1.54) is 17.7 Å². The average Bonchev–Trinajstić information content (AvgIpc) is 3.03. The van der Waals surface area contributed by atoms with Crippen molar-refractivity contribution in [3.8, 4) is 0 Å². The minimum Gasteiger partial charge on any atom is -0.325 e. The number of thiazole rings is 1. The fourth-order valence-electron chi connectivity index (χ4n) is 2.81. The fourth-order valence-corrected chi connectivity index (χ4v) is 3.79. The van der Waals surface area contributed by atoms with Crippen molar-refractivity contribution in [3.05, 3.63) is 28.0 Å². The highest BCUT2D eigenvalue weighted by molar-refractivity contribution is 7.09. The molecule has 1 saturated carbocycles. The zero-order valence-corrected chi connectivity index (χ0v) is 15.0. The summed E-state index contributed by atoms with van der Waals surface area (Å²) in [6, 6.07) is -0.754. The quantitative estimate of drug-likeness (QED) is 0.794. The van der Waals surface area contributed by atoms with Gasteiger partial charge >= 0.3 is 6.03 Å². The predicted molar refractivity (Wildman–Crippen MR) is 91.1 cm³/mol. The molecule has 3 amide bonds. The van der Waals surface area contributed by atoms with Crippen molar-refractivity contribution in [1.29, 1.82) is 0 Å². The molecule has 0 aromatic carbocycles. The van der Waals surface area contributed by atoms with Crippen LogP contribution in [0.15, 0.2) is 11.6 Å². The highest BCUT2D eigenvalue weighted by Gasteiger charge is 2.39. The number of aromatic nitrogens is 4. The Morgan fingerprint density at radius 3 is 2.80 bits per heavy atom. The first-order valence-electron chi connectivity index (χ1n) is 8.48. The normalized spacial score (nSPS) is 20.6. The molecule has 2 aromatic rings. The molecule has 3 heterocycles.